The first-order valence-corrected chi connectivity index (χ1v) is 12.3. The van der Waals surface area contributed by atoms with E-state index in [9.17, 15) is 4.79 Å². The van der Waals surface area contributed by atoms with Crippen molar-refractivity contribution < 1.29 is 14.3 Å². The van der Waals surface area contributed by atoms with Gasteiger partial charge in [-0.3, -0.25) is 9.69 Å². The molecule has 1 aliphatic rings. The van der Waals surface area contributed by atoms with Crippen molar-refractivity contribution in [3.8, 4) is 17.4 Å². The number of fused-ring (bicyclic) bond motifs is 1. The van der Waals surface area contributed by atoms with Crippen molar-refractivity contribution in [2.24, 2.45) is 0 Å². The number of aryl methyl sites for hydroxylation is 4. The number of benzene rings is 2. The lowest BCUT2D eigenvalue weighted by Gasteiger charge is -2.33. The number of ether oxygens (including phenoxy) is 2. The Balaban J connectivity index is 1.74. The molecule has 0 N–H and O–H groups in total. The molecular formula is C29H31N5O3. The molecule has 4 aromatic rings. The van der Waals surface area contributed by atoms with Crippen LogP contribution in [0.2, 0.25) is 0 Å². The SMILES string of the molecule is COc1ccc(OC)c([C@H]2CC(=O)N(Cc3cccc(C)c3)c3c2c(C)nn3-c2nc(C)cc(C)n2)c1. The van der Waals surface area contributed by atoms with E-state index < -0.39 is 0 Å². The molecule has 0 saturated heterocycles. The molecular weight excluding hydrogens is 466 g/mol. The highest BCUT2D eigenvalue weighted by Crippen LogP contribution is 2.46. The molecule has 2 aromatic carbocycles. The fraction of sp³-hybridized carbons (Fsp3) is 0.310. The average molecular weight is 498 g/mol. The van der Waals surface area contributed by atoms with Crippen LogP contribution in [-0.4, -0.2) is 39.9 Å². The lowest BCUT2D eigenvalue weighted by atomic mass is 9.84. The van der Waals surface area contributed by atoms with Gasteiger partial charge in [-0.15, -0.1) is 0 Å². The van der Waals surface area contributed by atoms with Gasteiger partial charge in [0.15, 0.2) is 0 Å². The van der Waals surface area contributed by atoms with Crippen LogP contribution < -0.4 is 14.4 Å². The number of hydrogen-bond acceptors (Lipinski definition) is 6. The van der Waals surface area contributed by atoms with Gasteiger partial charge in [-0.25, -0.2) is 9.97 Å². The first kappa shape index (κ1) is 24.5. The number of aromatic nitrogens is 4. The van der Waals surface area contributed by atoms with E-state index in [-0.39, 0.29) is 18.2 Å². The van der Waals surface area contributed by atoms with Gasteiger partial charge >= 0.3 is 0 Å². The highest BCUT2D eigenvalue weighted by molar-refractivity contribution is 5.97. The Kier molecular flexibility index (Phi) is 6.41. The molecule has 1 amide bonds. The van der Waals surface area contributed by atoms with Crippen LogP contribution in [0, 0.1) is 27.7 Å². The van der Waals surface area contributed by atoms with Gasteiger partial charge in [0, 0.05) is 34.9 Å². The minimum atomic E-state index is -0.263. The van der Waals surface area contributed by atoms with Gasteiger partial charge in [-0.1, -0.05) is 29.8 Å². The molecule has 190 valence electrons. The van der Waals surface area contributed by atoms with Crippen LogP contribution in [0.3, 0.4) is 0 Å². The summed E-state index contributed by atoms with van der Waals surface area (Å²) in [6, 6.07) is 15.8. The summed E-state index contributed by atoms with van der Waals surface area (Å²) in [5, 5.41) is 4.89. The zero-order valence-corrected chi connectivity index (χ0v) is 22.1. The maximum Gasteiger partial charge on any atom is 0.252 e. The third-order valence-electron chi connectivity index (χ3n) is 6.76. The number of carbonyl (C=O) groups excluding carboxylic acids is 1. The standard InChI is InChI=1S/C29H31N5O3/c1-17-8-7-9-21(12-17)16-33-26(35)15-24(23-14-22(36-5)10-11-25(23)37-6)27-20(4)32-34(28(27)33)29-30-18(2)13-19(3)31-29/h7-14,24H,15-16H2,1-6H3/t24-/m1/s1. The first-order valence-electron chi connectivity index (χ1n) is 12.3. The predicted octanol–water partition coefficient (Wildman–Crippen LogP) is 4.98. The van der Waals surface area contributed by atoms with Gasteiger partial charge in [-0.05, 0) is 57.5 Å². The van der Waals surface area contributed by atoms with Crippen LogP contribution in [0.5, 0.6) is 11.5 Å². The van der Waals surface area contributed by atoms with Gasteiger partial charge in [-0.2, -0.15) is 9.78 Å². The van der Waals surface area contributed by atoms with Crippen molar-refractivity contribution in [3.05, 3.63) is 87.9 Å². The van der Waals surface area contributed by atoms with Gasteiger partial charge < -0.3 is 9.47 Å². The third kappa shape index (κ3) is 4.55. The molecule has 2 aromatic heterocycles. The van der Waals surface area contributed by atoms with Crippen LogP contribution >= 0.6 is 0 Å². The van der Waals surface area contributed by atoms with E-state index in [1.807, 2.05) is 62.1 Å². The number of carbonyl (C=O) groups is 1. The number of anilines is 1. The van der Waals surface area contributed by atoms with Gasteiger partial charge in [0.1, 0.15) is 17.3 Å². The summed E-state index contributed by atoms with van der Waals surface area (Å²) in [4.78, 5) is 25.0. The Bertz CT molecular complexity index is 1470. The smallest absolute Gasteiger partial charge is 0.252 e. The van der Waals surface area contributed by atoms with Crippen LogP contribution in [-0.2, 0) is 11.3 Å². The molecule has 0 spiro atoms. The van der Waals surface area contributed by atoms with Crippen molar-refractivity contribution in [3.63, 3.8) is 0 Å². The fourth-order valence-electron chi connectivity index (χ4n) is 5.17. The van der Waals surface area contributed by atoms with Crippen LogP contribution in [0.4, 0.5) is 5.82 Å². The van der Waals surface area contributed by atoms with Gasteiger partial charge in [0.2, 0.25) is 5.91 Å². The number of nitrogens with zero attached hydrogens (tertiary/aromatic N) is 5. The molecule has 0 bridgehead atoms. The Morgan fingerprint density at radius 1 is 0.946 bits per heavy atom. The van der Waals surface area contributed by atoms with E-state index in [1.165, 1.54) is 0 Å². The Morgan fingerprint density at radius 3 is 2.38 bits per heavy atom. The second kappa shape index (κ2) is 9.69. The summed E-state index contributed by atoms with van der Waals surface area (Å²) in [5.41, 5.74) is 6.52. The van der Waals surface area contributed by atoms with E-state index in [2.05, 4.69) is 29.0 Å². The number of amides is 1. The van der Waals surface area contributed by atoms with Crippen molar-refractivity contribution in [2.45, 2.75) is 46.6 Å². The van der Waals surface area contributed by atoms with E-state index in [0.29, 0.717) is 29.8 Å². The van der Waals surface area contributed by atoms with E-state index >= 15 is 0 Å². The Labute approximate surface area is 216 Å². The summed E-state index contributed by atoms with van der Waals surface area (Å²) >= 11 is 0. The van der Waals surface area contributed by atoms with Gasteiger partial charge in [0.25, 0.3) is 5.95 Å². The van der Waals surface area contributed by atoms with E-state index in [0.717, 1.165) is 39.3 Å². The number of hydrogen-bond donors (Lipinski definition) is 0. The van der Waals surface area contributed by atoms with Crippen LogP contribution in [0.1, 0.15) is 51.7 Å². The lowest BCUT2D eigenvalue weighted by Crippen LogP contribution is -2.38. The first-order chi connectivity index (χ1) is 17.8. The molecule has 8 heteroatoms. The summed E-state index contributed by atoms with van der Waals surface area (Å²) in [6.45, 7) is 8.31. The highest BCUT2D eigenvalue weighted by atomic mass is 16.5. The molecule has 0 unspecified atom stereocenters. The van der Waals surface area contributed by atoms with E-state index in [1.54, 1.807) is 18.9 Å². The number of methoxy groups -OCH3 is 2. The molecule has 1 atom stereocenters. The molecule has 0 aliphatic carbocycles. The predicted molar refractivity (Wildman–Crippen MR) is 142 cm³/mol. The fourth-order valence-corrected chi connectivity index (χ4v) is 5.17. The second-order valence-electron chi connectivity index (χ2n) is 9.52. The minimum absolute atomic E-state index is 0.00518. The number of rotatable bonds is 6. The van der Waals surface area contributed by atoms with Crippen molar-refractivity contribution in [1.82, 2.24) is 19.7 Å². The summed E-state index contributed by atoms with van der Waals surface area (Å²) in [7, 11) is 3.27. The minimum Gasteiger partial charge on any atom is -0.497 e. The maximum absolute atomic E-state index is 13.9. The molecule has 0 radical (unpaired) electrons. The quantitative estimate of drug-likeness (QED) is 0.374. The third-order valence-corrected chi connectivity index (χ3v) is 6.76. The Hall–Kier alpha value is -4.20. The molecule has 1 aliphatic heterocycles. The normalized spacial score (nSPS) is 15.0. The summed E-state index contributed by atoms with van der Waals surface area (Å²) < 4.78 is 12.9. The van der Waals surface area contributed by atoms with E-state index in [4.69, 9.17) is 14.6 Å². The van der Waals surface area contributed by atoms with Crippen molar-refractivity contribution in [2.75, 3.05) is 19.1 Å². The molecule has 0 fully saturated rings. The largest absolute Gasteiger partial charge is 0.497 e. The molecule has 5 rings (SSSR count). The summed E-state index contributed by atoms with van der Waals surface area (Å²) in [6.07, 6.45) is 0.280. The maximum atomic E-state index is 13.9. The average Bonchev–Trinajstić information content (AvgIpc) is 3.21. The molecule has 37 heavy (non-hydrogen) atoms. The van der Waals surface area contributed by atoms with Gasteiger partial charge in [0.05, 0.1) is 26.5 Å². The molecule has 3 heterocycles. The molecule has 0 saturated carbocycles. The molecule has 8 nitrogen and oxygen atoms in total. The zero-order valence-electron chi connectivity index (χ0n) is 22.1. The lowest BCUT2D eigenvalue weighted by molar-refractivity contribution is -0.119. The highest BCUT2D eigenvalue weighted by Gasteiger charge is 2.39. The van der Waals surface area contributed by atoms with Crippen molar-refractivity contribution in [1.29, 1.82) is 0 Å². The van der Waals surface area contributed by atoms with Crippen LogP contribution in [0.25, 0.3) is 5.95 Å². The second-order valence-corrected chi connectivity index (χ2v) is 9.52. The van der Waals surface area contributed by atoms with Crippen molar-refractivity contribution >= 4 is 11.7 Å². The monoisotopic (exact) mass is 497 g/mol. The topological polar surface area (TPSA) is 82.4 Å². The zero-order chi connectivity index (χ0) is 26.3. The van der Waals surface area contributed by atoms with Crippen LogP contribution in [0.15, 0.2) is 48.5 Å². The Morgan fingerprint density at radius 2 is 1.70 bits per heavy atom. The summed E-state index contributed by atoms with van der Waals surface area (Å²) in [5.74, 6) is 2.27.